The normalized spacial score (nSPS) is 32.1. The van der Waals surface area contributed by atoms with Crippen LogP contribution in [0.2, 0.25) is 0 Å². The van der Waals surface area contributed by atoms with Gasteiger partial charge in [0.15, 0.2) is 0 Å². The summed E-state index contributed by atoms with van der Waals surface area (Å²) in [7, 11) is 1.35. The van der Waals surface area contributed by atoms with E-state index in [1.54, 1.807) is 6.92 Å². The van der Waals surface area contributed by atoms with Gasteiger partial charge in [-0.2, -0.15) is 0 Å². The average Bonchev–Trinajstić information content (AvgIpc) is 2.15. The molecule has 2 atom stereocenters. The van der Waals surface area contributed by atoms with E-state index in [-0.39, 0.29) is 17.7 Å². The van der Waals surface area contributed by atoms with E-state index in [9.17, 15) is 9.59 Å². The number of carbonyl (C=O) groups is 2. The van der Waals surface area contributed by atoms with Crippen LogP contribution in [0, 0.1) is 11.3 Å². The summed E-state index contributed by atoms with van der Waals surface area (Å²) in [5.41, 5.74) is -0.802. The Balaban J connectivity index is 2.89. The maximum absolute atomic E-state index is 11.6. The molecule has 0 spiro atoms. The number of ketones is 1. The van der Waals surface area contributed by atoms with Crippen LogP contribution in [0.5, 0.6) is 0 Å². The average molecular weight is 184 g/mol. The van der Waals surface area contributed by atoms with Gasteiger partial charge in [0.05, 0.1) is 7.11 Å². The smallest absolute Gasteiger partial charge is 0.319 e. The lowest BCUT2D eigenvalue weighted by molar-refractivity contribution is -0.170. The summed E-state index contributed by atoms with van der Waals surface area (Å²) in [6.07, 6.45) is 2.02. The number of Topliss-reactive ketones (excluding diaryl/α,β-unsaturated/α-hetero) is 1. The van der Waals surface area contributed by atoms with E-state index >= 15 is 0 Å². The Kier molecular flexibility index (Phi) is 2.74. The third kappa shape index (κ3) is 1.26. The second kappa shape index (κ2) is 3.48. The number of hydrogen-bond acceptors (Lipinski definition) is 3. The third-order valence-corrected chi connectivity index (χ3v) is 3.18. The molecule has 1 rings (SSSR count). The SMILES string of the molecule is CCC(=O)C1(C(=O)OC)CCC1C. The highest BCUT2D eigenvalue weighted by molar-refractivity contribution is 6.04. The summed E-state index contributed by atoms with van der Waals surface area (Å²) in [4.78, 5) is 23.1. The molecule has 0 aromatic heterocycles. The van der Waals surface area contributed by atoms with Crippen molar-refractivity contribution in [2.24, 2.45) is 11.3 Å². The van der Waals surface area contributed by atoms with Crippen molar-refractivity contribution in [1.29, 1.82) is 0 Å². The molecule has 0 aromatic rings. The zero-order valence-electron chi connectivity index (χ0n) is 8.42. The van der Waals surface area contributed by atoms with Crippen LogP contribution in [-0.4, -0.2) is 18.9 Å². The van der Waals surface area contributed by atoms with Crippen LogP contribution in [0.15, 0.2) is 0 Å². The predicted molar refractivity (Wildman–Crippen MR) is 48.1 cm³/mol. The van der Waals surface area contributed by atoms with E-state index in [1.807, 2.05) is 6.92 Å². The van der Waals surface area contributed by atoms with Crippen molar-refractivity contribution in [2.75, 3.05) is 7.11 Å². The second-order valence-corrected chi connectivity index (χ2v) is 3.68. The molecule has 3 nitrogen and oxygen atoms in total. The third-order valence-electron chi connectivity index (χ3n) is 3.18. The predicted octanol–water partition coefficient (Wildman–Crippen LogP) is 1.55. The van der Waals surface area contributed by atoms with Crippen molar-refractivity contribution in [3.05, 3.63) is 0 Å². The first-order valence-electron chi connectivity index (χ1n) is 4.71. The number of rotatable bonds is 3. The van der Waals surface area contributed by atoms with E-state index in [2.05, 4.69) is 0 Å². The Bertz CT molecular complexity index is 216. The fourth-order valence-corrected chi connectivity index (χ4v) is 2.05. The molecule has 1 fully saturated rings. The zero-order valence-corrected chi connectivity index (χ0v) is 8.42. The standard InChI is InChI=1S/C10H16O3/c1-4-8(11)10(9(12)13-3)6-5-7(10)2/h7H,4-6H2,1-3H3. The summed E-state index contributed by atoms with van der Waals surface area (Å²) in [5.74, 6) is -0.177. The molecule has 74 valence electrons. The van der Waals surface area contributed by atoms with Crippen molar-refractivity contribution in [3.63, 3.8) is 0 Å². The lowest BCUT2D eigenvalue weighted by Crippen LogP contribution is -2.52. The molecule has 2 unspecified atom stereocenters. The van der Waals surface area contributed by atoms with E-state index in [4.69, 9.17) is 4.74 Å². The Hall–Kier alpha value is -0.860. The van der Waals surface area contributed by atoms with Crippen molar-refractivity contribution >= 4 is 11.8 Å². The zero-order chi connectivity index (χ0) is 10.1. The number of hydrogen-bond donors (Lipinski definition) is 0. The van der Waals surface area contributed by atoms with Gasteiger partial charge < -0.3 is 4.74 Å². The number of esters is 1. The van der Waals surface area contributed by atoms with Crippen LogP contribution in [-0.2, 0) is 14.3 Å². The van der Waals surface area contributed by atoms with Gasteiger partial charge in [-0.25, -0.2) is 0 Å². The Morgan fingerprint density at radius 2 is 2.15 bits per heavy atom. The second-order valence-electron chi connectivity index (χ2n) is 3.68. The molecule has 0 aliphatic heterocycles. The highest BCUT2D eigenvalue weighted by Gasteiger charge is 2.55. The van der Waals surface area contributed by atoms with Gasteiger partial charge in [0, 0.05) is 6.42 Å². The fraction of sp³-hybridized carbons (Fsp3) is 0.800. The van der Waals surface area contributed by atoms with Gasteiger partial charge in [0.2, 0.25) is 0 Å². The summed E-state index contributed by atoms with van der Waals surface area (Å²) < 4.78 is 4.69. The van der Waals surface area contributed by atoms with Crippen LogP contribution in [0.3, 0.4) is 0 Å². The van der Waals surface area contributed by atoms with Crippen LogP contribution in [0.25, 0.3) is 0 Å². The van der Waals surface area contributed by atoms with Gasteiger partial charge in [-0.3, -0.25) is 9.59 Å². The van der Waals surface area contributed by atoms with Gasteiger partial charge in [0.25, 0.3) is 0 Å². The minimum Gasteiger partial charge on any atom is -0.468 e. The highest BCUT2D eigenvalue weighted by Crippen LogP contribution is 2.48. The number of carbonyl (C=O) groups excluding carboxylic acids is 2. The first-order chi connectivity index (χ1) is 6.09. The van der Waals surface area contributed by atoms with Gasteiger partial charge in [-0.1, -0.05) is 13.8 Å². The lowest BCUT2D eigenvalue weighted by atomic mass is 9.58. The molecular weight excluding hydrogens is 168 g/mol. The van der Waals surface area contributed by atoms with Crippen LogP contribution in [0.4, 0.5) is 0 Å². The van der Waals surface area contributed by atoms with Gasteiger partial charge in [0.1, 0.15) is 11.2 Å². The maximum atomic E-state index is 11.6. The minimum atomic E-state index is -0.802. The van der Waals surface area contributed by atoms with E-state index in [1.165, 1.54) is 7.11 Å². The van der Waals surface area contributed by atoms with Crippen LogP contribution in [0.1, 0.15) is 33.1 Å². The highest BCUT2D eigenvalue weighted by atomic mass is 16.5. The largest absolute Gasteiger partial charge is 0.468 e. The molecule has 13 heavy (non-hydrogen) atoms. The molecule has 1 aliphatic carbocycles. The monoisotopic (exact) mass is 184 g/mol. The molecular formula is C10H16O3. The molecule has 0 bridgehead atoms. The summed E-state index contributed by atoms with van der Waals surface area (Å²) in [6, 6.07) is 0. The van der Waals surface area contributed by atoms with Crippen LogP contribution >= 0.6 is 0 Å². The van der Waals surface area contributed by atoms with Gasteiger partial charge in [-0.05, 0) is 18.8 Å². The Morgan fingerprint density at radius 1 is 1.54 bits per heavy atom. The molecule has 3 heteroatoms. The molecule has 0 aromatic carbocycles. The van der Waals surface area contributed by atoms with Crippen molar-refractivity contribution in [2.45, 2.75) is 33.1 Å². The fourth-order valence-electron chi connectivity index (χ4n) is 2.05. The number of methoxy groups -OCH3 is 1. The molecule has 0 radical (unpaired) electrons. The molecule has 0 N–H and O–H groups in total. The van der Waals surface area contributed by atoms with Crippen molar-refractivity contribution < 1.29 is 14.3 Å². The Morgan fingerprint density at radius 3 is 2.38 bits per heavy atom. The molecule has 1 aliphatic rings. The Labute approximate surface area is 78.5 Å². The minimum absolute atomic E-state index is 0.0260. The van der Waals surface area contributed by atoms with Gasteiger partial charge in [-0.15, -0.1) is 0 Å². The van der Waals surface area contributed by atoms with E-state index in [0.29, 0.717) is 12.8 Å². The number of ether oxygens (including phenoxy) is 1. The summed E-state index contributed by atoms with van der Waals surface area (Å²) in [5, 5.41) is 0. The molecule has 1 saturated carbocycles. The molecule has 0 heterocycles. The van der Waals surface area contributed by atoms with Crippen molar-refractivity contribution in [1.82, 2.24) is 0 Å². The lowest BCUT2D eigenvalue weighted by Gasteiger charge is -2.43. The van der Waals surface area contributed by atoms with E-state index < -0.39 is 5.41 Å². The molecule has 0 saturated heterocycles. The first-order valence-corrected chi connectivity index (χ1v) is 4.71. The van der Waals surface area contributed by atoms with Crippen LogP contribution < -0.4 is 0 Å². The topological polar surface area (TPSA) is 43.4 Å². The summed E-state index contributed by atoms with van der Waals surface area (Å²) >= 11 is 0. The van der Waals surface area contributed by atoms with Gasteiger partial charge >= 0.3 is 5.97 Å². The first kappa shape index (κ1) is 10.2. The molecule has 0 amide bonds. The van der Waals surface area contributed by atoms with Crippen molar-refractivity contribution in [3.8, 4) is 0 Å². The maximum Gasteiger partial charge on any atom is 0.319 e. The quantitative estimate of drug-likeness (QED) is 0.493. The summed E-state index contributed by atoms with van der Waals surface area (Å²) in [6.45, 7) is 3.73. The van der Waals surface area contributed by atoms with E-state index in [0.717, 1.165) is 6.42 Å².